The van der Waals surface area contributed by atoms with Crippen molar-refractivity contribution in [3.8, 4) is 5.69 Å². The van der Waals surface area contributed by atoms with Gasteiger partial charge in [-0.25, -0.2) is 0 Å². The first-order valence-corrected chi connectivity index (χ1v) is 6.62. The van der Waals surface area contributed by atoms with Crippen LogP contribution in [0.25, 0.3) is 5.69 Å². The molecular weight excluding hydrogens is 240 g/mol. The third-order valence-electron chi connectivity index (χ3n) is 3.59. The first kappa shape index (κ1) is 12.3. The first-order valence-electron chi connectivity index (χ1n) is 6.62. The summed E-state index contributed by atoms with van der Waals surface area (Å²) in [6.07, 6.45) is 1.07. The summed E-state index contributed by atoms with van der Waals surface area (Å²) in [6, 6.07) is 10.1. The Morgan fingerprint density at radius 3 is 2.74 bits per heavy atom. The Hall–Kier alpha value is -1.72. The van der Waals surface area contributed by atoms with Crippen LogP contribution in [-0.2, 0) is 11.3 Å². The maximum Gasteiger partial charge on any atom is 0.167 e. The summed E-state index contributed by atoms with van der Waals surface area (Å²) in [7, 11) is 0. The zero-order chi connectivity index (χ0) is 13.2. The molecule has 0 bridgehead atoms. The van der Waals surface area contributed by atoms with Gasteiger partial charge in [-0.3, -0.25) is 4.57 Å². The molecule has 5 heteroatoms. The van der Waals surface area contributed by atoms with E-state index in [0.717, 1.165) is 30.4 Å². The second-order valence-corrected chi connectivity index (χ2v) is 4.91. The minimum Gasteiger partial charge on any atom is -0.370 e. The van der Waals surface area contributed by atoms with Gasteiger partial charge in [-0.2, -0.15) is 0 Å². The molecule has 2 aromatic rings. The van der Waals surface area contributed by atoms with E-state index in [9.17, 15) is 0 Å². The molecule has 0 radical (unpaired) electrons. The Balaban J connectivity index is 2.08. The number of ether oxygens (including phenoxy) is 1. The standard InChI is InChI=1S/C14H18N4O/c1-10-7-8-19-13(10)14-17-16-12(9-15)18(14)11-5-3-2-4-6-11/h2-6,10,13H,7-9,15H2,1H3. The van der Waals surface area contributed by atoms with E-state index in [1.807, 2.05) is 34.9 Å². The minimum absolute atomic E-state index is 0.00741. The van der Waals surface area contributed by atoms with Gasteiger partial charge >= 0.3 is 0 Å². The second kappa shape index (κ2) is 5.11. The third-order valence-corrected chi connectivity index (χ3v) is 3.59. The highest BCUT2D eigenvalue weighted by Crippen LogP contribution is 2.34. The zero-order valence-electron chi connectivity index (χ0n) is 11.0. The van der Waals surface area contributed by atoms with E-state index in [4.69, 9.17) is 10.5 Å². The molecule has 1 aliphatic rings. The largest absolute Gasteiger partial charge is 0.370 e. The van der Waals surface area contributed by atoms with Gasteiger partial charge in [0.15, 0.2) is 11.6 Å². The highest BCUT2D eigenvalue weighted by Gasteiger charge is 2.31. The molecule has 0 saturated carbocycles. The molecule has 5 nitrogen and oxygen atoms in total. The molecule has 1 aromatic heterocycles. The molecule has 2 heterocycles. The summed E-state index contributed by atoms with van der Waals surface area (Å²) in [5.41, 5.74) is 6.80. The number of rotatable bonds is 3. The normalized spacial score (nSPS) is 22.8. The van der Waals surface area contributed by atoms with E-state index in [2.05, 4.69) is 17.1 Å². The highest BCUT2D eigenvalue weighted by atomic mass is 16.5. The average molecular weight is 258 g/mol. The lowest BCUT2D eigenvalue weighted by Crippen LogP contribution is -2.14. The van der Waals surface area contributed by atoms with Crippen molar-refractivity contribution in [3.63, 3.8) is 0 Å². The molecule has 19 heavy (non-hydrogen) atoms. The van der Waals surface area contributed by atoms with Crippen LogP contribution in [0.2, 0.25) is 0 Å². The van der Waals surface area contributed by atoms with Crippen molar-refractivity contribution in [1.82, 2.24) is 14.8 Å². The lowest BCUT2D eigenvalue weighted by atomic mass is 10.0. The molecule has 2 atom stereocenters. The fourth-order valence-corrected chi connectivity index (χ4v) is 2.53. The van der Waals surface area contributed by atoms with E-state index in [-0.39, 0.29) is 6.10 Å². The van der Waals surface area contributed by atoms with Crippen molar-refractivity contribution < 1.29 is 4.74 Å². The van der Waals surface area contributed by atoms with Crippen LogP contribution in [0.5, 0.6) is 0 Å². The number of aromatic nitrogens is 3. The second-order valence-electron chi connectivity index (χ2n) is 4.91. The molecule has 1 saturated heterocycles. The minimum atomic E-state index is 0.00741. The highest BCUT2D eigenvalue weighted by molar-refractivity contribution is 5.34. The van der Waals surface area contributed by atoms with Gasteiger partial charge in [-0.15, -0.1) is 10.2 Å². The Morgan fingerprint density at radius 1 is 1.32 bits per heavy atom. The predicted molar refractivity (Wildman–Crippen MR) is 71.7 cm³/mol. The molecule has 0 aliphatic carbocycles. The fourth-order valence-electron chi connectivity index (χ4n) is 2.53. The molecule has 1 aromatic carbocycles. The van der Waals surface area contributed by atoms with Crippen molar-refractivity contribution in [2.75, 3.05) is 6.61 Å². The Labute approximate surface area is 112 Å². The number of nitrogens with two attached hydrogens (primary N) is 1. The molecule has 0 amide bonds. The summed E-state index contributed by atoms with van der Waals surface area (Å²) < 4.78 is 7.83. The van der Waals surface area contributed by atoms with Crippen LogP contribution in [0.4, 0.5) is 0 Å². The number of hydrogen-bond donors (Lipinski definition) is 1. The summed E-state index contributed by atoms with van der Waals surface area (Å²) in [4.78, 5) is 0. The number of hydrogen-bond acceptors (Lipinski definition) is 4. The van der Waals surface area contributed by atoms with Gasteiger partial charge in [-0.1, -0.05) is 25.1 Å². The van der Waals surface area contributed by atoms with E-state index in [0.29, 0.717) is 12.5 Å². The molecule has 3 rings (SSSR count). The molecule has 1 fully saturated rings. The van der Waals surface area contributed by atoms with Crippen molar-refractivity contribution in [1.29, 1.82) is 0 Å². The maximum absolute atomic E-state index is 5.81. The van der Waals surface area contributed by atoms with E-state index >= 15 is 0 Å². The van der Waals surface area contributed by atoms with Crippen LogP contribution in [0, 0.1) is 5.92 Å². The van der Waals surface area contributed by atoms with E-state index in [1.165, 1.54) is 0 Å². The smallest absolute Gasteiger partial charge is 0.167 e. The van der Waals surface area contributed by atoms with E-state index in [1.54, 1.807) is 0 Å². The lowest BCUT2D eigenvalue weighted by Gasteiger charge is -2.16. The van der Waals surface area contributed by atoms with Gasteiger partial charge in [0, 0.05) is 12.3 Å². The topological polar surface area (TPSA) is 66.0 Å². The zero-order valence-corrected chi connectivity index (χ0v) is 11.0. The first-order chi connectivity index (χ1) is 9.31. The van der Waals surface area contributed by atoms with E-state index < -0.39 is 0 Å². The number of nitrogens with zero attached hydrogens (tertiary/aromatic N) is 3. The lowest BCUT2D eigenvalue weighted by molar-refractivity contribution is 0.0857. The Morgan fingerprint density at radius 2 is 2.11 bits per heavy atom. The molecule has 0 spiro atoms. The third kappa shape index (κ3) is 2.15. The van der Waals surface area contributed by atoms with Crippen LogP contribution in [-0.4, -0.2) is 21.4 Å². The quantitative estimate of drug-likeness (QED) is 0.912. The Kier molecular flexibility index (Phi) is 3.31. The van der Waals surface area contributed by atoms with Gasteiger partial charge < -0.3 is 10.5 Å². The molecule has 100 valence electrons. The molecule has 1 aliphatic heterocycles. The van der Waals surface area contributed by atoms with Gasteiger partial charge in [0.25, 0.3) is 0 Å². The number of para-hydroxylation sites is 1. The van der Waals surface area contributed by atoms with Gasteiger partial charge in [0.1, 0.15) is 6.10 Å². The Bertz CT molecular complexity index is 552. The van der Waals surface area contributed by atoms with Crippen LogP contribution in [0.3, 0.4) is 0 Å². The summed E-state index contributed by atoms with van der Waals surface area (Å²) in [6.45, 7) is 3.33. The van der Waals surface area contributed by atoms with Gasteiger partial charge in [0.2, 0.25) is 0 Å². The van der Waals surface area contributed by atoms with Crippen LogP contribution < -0.4 is 5.73 Å². The summed E-state index contributed by atoms with van der Waals surface area (Å²) in [5, 5.41) is 8.50. The maximum atomic E-state index is 5.81. The number of benzene rings is 1. The molecule has 2 unspecified atom stereocenters. The van der Waals surface area contributed by atoms with Crippen LogP contribution in [0.1, 0.15) is 31.1 Å². The average Bonchev–Trinajstić information content (AvgIpc) is 3.05. The van der Waals surface area contributed by atoms with Crippen LogP contribution >= 0.6 is 0 Å². The van der Waals surface area contributed by atoms with Crippen molar-refractivity contribution in [2.45, 2.75) is 26.0 Å². The predicted octanol–water partition coefficient (Wildman–Crippen LogP) is 1.82. The summed E-state index contributed by atoms with van der Waals surface area (Å²) in [5.74, 6) is 2.08. The van der Waals surface area contributed by atoms with Gasteiger partial charge in [0.05, 0.1) is 6.54 Å². The fraction of sp³-hybridized carbons (Fsp3) is 0.429. The monoisotopic (exact) mass is 258 g/mol. The molecule has 2 N–H and O–H groups in total. The SMILES string of the molecule is CC1CCOC1c1nnc(CN)n1-c1ccccc1. The van der Waals surface area contributed by atoms with Crippen molar-refractivity contribution >= 4 is 0 Å². The van der Waals surface area contributed by atoms with Gasteiger partial charge in [-0.05, 0) is 24.5 Å². The molecular formula is C14H18N4O. The summed E-state index contributed by atoms with van der Waals surface area (Å²) >= 11 is 0. The van der Waals surface area contributed by atoms with Crippen LogP contribution in [0.15, 0.2) is 30.3 Å². The van der Waals surface area contributed by atoms with Crippen molar-refractivity contribution in [3.05, 3.63) is 42.0 Å². The van der Waals surface area contributed by atoms with Crippen molar-refractivity contribution in [2.24, 2.45) is 11.7 Å².